The number of carbonyl (C=O) groups excluding carboxylic acids is 2. The molecule has 0 radical (unpaired) electrons. The Morgan fingerprint density at radius 3 is 2.61 bits per heavy atom. The Labute approximate surface area is 104 Å². The van der Waals surface area contributed by atoms with Gasteiger partial charge in [-0.25, -0.2) is 15.8 Å². The number of nitrogens with one attached hydrogen (secondary N) is 1. The van der Waals surface area contributed by atoms with E-state index in [1.54, 1.807) is 13.0 Å². The van der Waals surface area contributed by atoms with Crippen molar-refractivity contribution in [2.45, 2.75) is 32.7 Å². The third kappa shape index (κ3) is 2.62. The van der Waals surface area contributed by atoms with Gasteiger partial charge < -0.3 is 5.43 Å². The van der Waals surface area contributed by atoms with Crippen LogP contribution in [0.25, 0.3) is 0 Å². The van der Waals surface area contributed by atoms with Gasteiger partial charge in [0.1, 0.15) is 5.82 Å². The molecule has 7 heteroatoms. The first kappa shape index (κ1) is 12.4. The maximum absolute atomic E-state index is 11.7. The van der Waals surface area contributed by atoms with E-state index in [-0.39, 0.29) is 18.4 Å². The predicted molar refractivity (Wildman–Crippen MR) is 64.0 cm³/mol. The Kier molecular flexibility index (Phi) is 3.52. The number of aromatic nitrogens is 2. The molecule has 2 heterocycles. The highest BCUT2D eigenvalue weighted by Gasteiger charge is 2.26. The van der Waals surface area contributed by atoms with Gasteiger partial charge in [-0.3, -0.25) is 14.5 Å². The third-order valence-electron chi connectivity index (χ3n) is 2.73. The number of rotatable bonds is 3. The molecular weight excluding hydrogens is 234 g/mol. The van der Waals surface area contributed by atoms with Crippen LogP contribution in [0.1, 0.15) is 30.8 Å². The van der Waals surface area contributed by atoms with Crippen molar-refractivity contribution < 1.29 is 9.59 Å². The zero-order chi connectivity index (χ0) is 13.1. The molecule has 0 saturated carbocycles. The number of hydrogen-bond donors (Lipinski definition) is 2. The van der Waals surface area contributed by atoms with Crippen LogP contribution in [0, 0.1) is 6.92 Å². The van der Waals surface area contributed by atoms with E-state index < -0.39 is 0 Å². The molecule has 1 aliphatic heterocycles. The average Bonchev–Trinajstić information content (AvgIpc) is 2.33. The van der Waals surface area contributed by atoms with Crippen molar-refractivity contribution in [1.82, 2.24) is 14.9 Å². The Balaban J connectivity index is 2.19. The number of nitrogens with zero attached hydrogens (tertiary/aromatic N) is 3. The van der Waals surface area contributed by atoms with E-state index in [1.165, 1.54) is 4.90 Å². The SMILES string of the molecule is Cc1cc(NN)nc(CN2C(=O)CCCC2=O)n1. The number of nitrogen functional groups attached to an aromatic ring is 1. The number of nitrogens with two attached hydrogens (primary N) is 1. The van der Waals surface area contributed by atoms with Crippen LogP contribution >= 0.6 is 0 Å². The van der Waals surface area contributed by atoms with Gasteiger partial charge in [0, 0.05) is 24.6 Å². The van der Waals surface area contributed by atoms with Crippen LogP contribution in [0.3, 0.4) is 0 Å². The summed E-state index contributed by atoms with van der Waals surface area (Å²) in [6.07, 6.45) is 1.43. The summed E-state index contributed by atoms with van der Waals surface area (Å²) in [6, 6.07) is 1.68. The van der Waals surface area contributed by atoms with Gasteiger partial charge in [0.2, 0.25) is 11.8 Å². The fourth-order valence-corrected chi connectivity index (χ4v) is 1.89. The molecular formula is C11H15N5O2. The number of anilines is 1. The molecule has 7 nitrogen and oxygen atoms in total. The lowest BCUT2D eigenvalue weighted by atomic mass is 10.1. The Hall–Kier alpha value is -2.02. The number of amides is 2. The lowest BCUT2D eigenvalue weighted by Crippen LogP contribution is -2.39. The van der Waals surface area contributed by atoms with Gasteiger partial charge in [0.05, 0.1) is 6.54 Å². The fourth-order valence-electron chi connectivity index (χ4n) is 1.89. The predicted octanol–water partition coefficient (Wildman–Crippen LogP) is 0.110. The van der Waals surface area contributed by atoms with Gasteiger partial charge in [-0.2, -0.15) is 0 Å². The Morgan fingerprint density at radius 2 is 2.00 bits per heavy atom. The molecule has 0 bridgehead atoms. The zero-order valence-corrected chi connectivity index (χ0v) is 10.1. The average molecular weight is 249 g/mol. The van der Waals surface area contributed by atoms with Gasteiger partial charge in [-0.05, 0) is 13.3 Å². The zero-order valence-electron chi connectivity index (χ0n) is 10.1. The van der Waals surface area contributed by atoms with Gasteiger partial charge in [-0.15, -0.1) is 0 Å². The standard InChI is InChI=1S/C11H15N5O2/c1-7-5-8(15-12)14-9(13-7)6-16-10(17)3-2-4-11(16)18/h5H,2-4,6,12H2,1H3,(H,13,14,15). The molecule has 0 atom stereocenters. The molecule has 0 aliphatic carbocycles. The van der Waals surface area contributed by atoms with Gasteiger partial charge in [-0.1, -0.05) is 0 Å². The number of imide groups is 1. The van der Waals surface area contributed by atoms with Crippen LogP contribution in [0.15, 0.2) is 6.07 Å². The van der Waals surface area contributed by atoms with E-state index in [9.17, 15) is 9.59 Å². The minimum atomic E-state index is -0.168. The van der Waals surface area contributed by atoms with E-state index in [2.05, 4.69) is 15.4 Å². The first-order valence-electron chi connectivity index (χ1n) is 5.74. The van der Waals surface area contributed by atoms with E-state index in [0.29, 0.717) is 30.9 Å². The molecule has 1 aliphatic rings. The van der Waals surface area contributed by atoms with Crippen LogP contribution in [-0.2, 0) is 16.1 Å². The molecule has 1 aromatic heterocycles. The minimum Gasteiger partial charge on any atom is -0.308 e. The van der Waals surface area contributed by atoms with Gasteiger partial charge >= 0.3 is 0 Å². The van der Waals surface area contributed by atoms with E-state index in [4.69, 9.17) is 5.84 Å². The number of carbonyl (C=O) groups is 2. The number of piperidine rings is 1. The second-order valence-corrected chi connectivity index (χ2v) is 4.18. The van der Waals surface area contributed by atoms with Crippen molar-refractivity contribution >= 4 is 17.6 Å². The number of hydrazine groups is 1. The van der Waals surface area contributed by atoms with Crippen molar-refractivity contribution in [1.29, 1.82) is 0 Å². The number of likely N-dealkylation sites (tertiary alicyclic amines) is 1. The van der Waals surface area contributed by atoms with Crippen LogP contribution in [0.2, 0.25) is 0 Å². The Morgan fingerprint density at radius 1 is 1.33 bits per heavy atom. The first-order valence-corrected chi connectivity index (χ1v) is 5.74. The monoisotopic (exact) mass is 249 g/mol. The second-order valence-electron chi connectivity index (χ2n) is 4.18. The highest BCUT2D eigenvalue weighted by molar-refractivity contribution is 5.97. The fraction of sp³-hybridized carbons (Fsp3) is 0.455. The highest BCUT2D eigenvalue weighted by atomic mass is 16.2. The van der Waals surface area contributed by atoms with Crippen molar-refractivity contribution in [3.63, 3.8) is 0 Å². The molecule has 0 spiro atoms. The Bertz CT molecular complexity index is 472. The van der Waals surface area contributed by atoms with Crippen molar-refractivity contribution in [2.24, 2.45) is 5.84 Å². The molecule has 0 aromatic carbocycles. The van der Waals surface area contributed by atoms with Crippen LogP contribution in [-0.4, -0.2) is 26.7 Å². The van der Waals surface area contributed by atoms with Crippen LogP contribution in [0.4, 0.5) is 5.82 Å². The normalized spacial score (nSPS) is 16.0. The summed E-state index contributed by atoms with van der Waals surface area (Å²) in [4.78, 5) is 32.8. The molecule has 96 valence electrons. The summed E-state index contributed by atoms with van der Waals surface area (Å²) in [5.41, 5.74) is 3.16. The maximum Gasteiger partial charge on any atom is 0.229 e. The molecule has 1 aromatic rings. The quantitative estimate of drug-likeness (QED) is 0.448. The number of aryl methyl sites for hydroxylation is 1. The summed E-state index contributed by atoms with van der Waals surface area (Å²) in [6.45, 7) is 1.90. The lowest BCUT2D eigenvalue weighted by molar-refractivity contribution is -0.148. The summed E-state index contributed by atoms with van der Waals surface area (Å²) >= 11 is 0. The van der Waals surface area contributed by atoms with Crippen molar-refractivity contribution in [2.75, 3.05) is 5.43 Å². The summed E-state index contributed by atoms with van der Waals surface area (Å²) in [5.74, 6) is 5.83. The summed E-state index contributed by atoms with van der Waals surface area (Å²) in [7, 11) is 0. The summed E-state index contributed by atoms with van der Waals surface area (Å²) in [5, 5.41) is 0. The van der Waals surface area contributed by atoms with Crippen LogP contribution in [0.5, 0.6) is 0 Å². The van der Waals surface area contributed by atoms with E-state index in [1.807, 2.05) is 0 Å². The molecule has 3 N–H and O–H groups in total. The summed E-state index contributed by atoms with van der Waals surface area (Å²) < 4.78 is 0. The third-order valence-corrected chi connectivity index (χ3v) is 2.73. The largest absolute Gasteiger partial charge is 0.308 e. The topological polar surface area (TPSA) is 101 Å². The van der Waals surface area contributed by atoms with Crippen LogP contribution < -0.4 is 11.3 Å². The highest BCUT2D eigenvalue weighted by Crippen LogP contribution is 2.15. The molecule has 18 heavy (non-hydrogen) atoms. The first-order chi connectivity index (χ1) is 8.60. The van der Waals surface area contributed by atoms with Crippen molar-refractivity contribution in [3.8, 4) is 0 Å². The van der Waals surface area contributed by atoms with Crippen molar-refractivity contribution in [3.05, 3.63) is 17.6 Å². The number of hydrogen-bond acceptors (Lipinski definition) is 6. The second kappa shape index (κ2) is 5.09. The molecule has 0 unspecified atom stereocenters. The molecule has 1 saturated heterocycles. The van der Waals surface area contributed by atoms with Gasteiger partial charge in [0.25, 0.3) is 0 Å². The molecule has 2 amide bonds. The molecule has 2 rings (SSSR count). The van der Waals surface area contributed by atoms with Gasteiger partial charge in [0.15, 0.2) is 5.82 Å². The van der Waals surface area contributed by atoms with E-state index >= 15 is 0 Å². The maximum atomic E-state index is 11.7. The molecule has 1 fully saturated rings. The van der Waals surface area contributed by atoms with E-state index in [0.717, 1.165) is 5.69 Å². The minimum absolute atomic E-state index is 0.105. The smallest absolute Gasteiger partial charge is 0.229 e. The lowest BCUT2D eigenvalue weighted by Gasteiger charge is -2.24.